The van der Waals surface area contributed by atoms with Gasteiger partial charge in [0.05, 0.1) is 6.54 Å². The second-order valence-corrected chi connectivity index (χ2v) is 4.20. The van der Waals surface area contributed by atoms with Gasteiger partial charge in [-0.1, -0.05) is 0 Å². The number of benzene rings is 1. The van der Waals surface area contributed by atoms with Crippen LogP contribution in [0.25, 0.3) is 0 Å². The van der Waals surface area contributed by atoms with Gasteiger partial charge in [-0.3, -0.25) is 9.69 Å². The largest absolute Gasteiger partial charge is 0.491 e. The Morgan fingerprint density at radius 3 is 2.61 bits per heavy atom. The van der Waals surface area contributed by atoms with Crippen molar-refractivity contribution in [1.29, 1.82) is 0 Å². The van der Waals surface area contributed by atoms with Crippen LogP contribution < -0.4 is 16.2 Å². The maximum Gasteiger partial charge on any atom is 0.231 e. The van der Waals surface area contributed by atoms with Gasteiger partial charge in [-0.15, -0.1) is 0 Å². The zero-order chi connectivity index (χ0) is 13.5. The minimum absolute atomic E-state index is 0.110. The van der Waals surface area contributed by atoms with E-state index in [1.165, 1.54) is 0 Å². The molecule has 1 aromatic carbocycles. The van der Waals surface area contributed by atoms with Crippen molar-refractivity contribution in [3.05, 3.63) is 24.3 Å². The molecule has 100 valence electrons. The second kappa shape index (κ2) is 6.83. The number of aliphatic hydroxyl groups excluding tert-OH is 1. The van der Waals surface area contributed by atoms with Crippen molar-refractivity contribution in [2.45, 2.75) is 6.10 Å². The topological polar surface area (TPSA) is 102 Å². The van der Waals surface area contributed by atoms with E-state index in [2.05, 4.69) is 0 Å². The van der Waals surface area contributed by atoms with Gasteiger partial charge in [0.1, 0.15) is 18.5 Å². The first-order chi connectivity index (χ1) is 8.47. The van der Waals surface area contributed by atoms with Gasteiger partial charge < -0.3 is 21.3 Å². The lowest BCUT2D eigenvalue weighted by Gasteiger charge is -2.19. The summed E-state index contributed by atoms with van der Waals surface area (Å²) in [5.74, 6) is 0.213. The van der Waals surface area contributed by atoms with E-state index < -0.39 is 12.0 Å². The zero-order valence-electron chi connectivity index (χ0n) is 10.4. The van der Waals surface area contributed by atoms with Crippen LogP contribution in [0.4, 0.5) is 5.69 Å². The number of hydrogen-bond donors (Lipinski definition) is 3. The molecule has 1 atom stereocenters. The van der Waals surface area contributed by atoms with Crippen LogP contribution in [0.3, 0.4) is 0 Å². The number of nitrogen functional groups attached to an aromatic ring is 1. The number of likely N-dealkylation sites (N-methyl/N-ethyl adjacent to an activating group) is 1. The normalized spacial score (nSPS) is 12.4. The Morgan fingerprint density at radius 1 is 1.44 bits per heavy atom. The van der Waals surface area contributed by atoms with E-state index in [1.54, 1.807) is 36.2 Å². The number of carbonyl (C=O) groups is 1. The van der Waals surface area contributed by atoms with E-state index in [9.17, 15) is 9.90 Å². The van der Waals surface area contributed by atoms with Crippen molar-refractivity contribution < 1.29 is 14.6 Å². The minimum Gasteiger partial charge on any atom is -0.491 e. The van der Waals surface area contributed by atoms with Gasteiger partial charge in [0.2, 0.25) is 5.91 Å². The summed E-state index contributed by atoms with van der Waals surface area (Å²) in [4.78, 5) is 12.3. The van der Waals surface area contributed by atoms with Crippen LogP contribution >= 0.6 is 0 Å². The Bertz CT molecular complexity index is 381. The summed E-state index contributed by atoms with van der Waals surface area (Å²) in [6.07, 6.45) is -0.688. The van der Waals surface area contributed by atoms with Crippen molar-refractivity contribution >= 4 is 11.6 Å². The molecule has 0 spiro atoms. The fourth-order valence-electron chi connectivity index (χ4n) is 1.50. The molecule has 0 aliphatic carbocycles. The highest BCUT2D eigenvalue weighted by atomic mass is 16.5. The second-order valence-electron chi connectivity index (χ2n) is 4.20. The maximum atomic E-state index is 10.7. The number of ether oxygens (including phenoxy) is 1. The molecule has 6 heteroatoms. The number of carbonyl (C=O) groups excluding carboxylic acids is 1. The van der Waals surface area contributed by atoms with Crippen molar-refractivity contribution in [3.8, 4) is 5.75 Å². The van der Waals surface area contributed by atoms with Gasteiger partial charge in [-0.2, -0.15) is 0 Å². The summed E-state index contributed by atoms with van der Waals surface area (Å²) in [6, 6.07) is 6.91. The number of amides is 1. The first-order valence-corrected chi connectivity index (χ1v) is 5.60. The molecule has 0 radical (unpaired) electrons. The number of rotatable bonds is 7. The van der Waals surface area contributed by atoms with Gasteiger partial charge in [-0.25, -0.2) is 0 Å². The average molecular weight is 253 g/mol. The highest BCUT2D eigenvalue weighted by molar-refractivity contribution is 5.75. The highest BCUT2D eigenvalue weighted by Crippen LogP contribution is 2.13. The molecule has 1 rings (SSSR count). The number of nitrogens with zero attached hydrogens (tertiary/aromatic N) is 1. The molecule has 1 aromatic rings. The smallest absolute Gasteiger partial charge is 0.231 e. The van der Waals surface area contributed by atoms with Gasteiger partial charge in [0.25, 0.3) is 0 Å². The lowest BCUT2D eigenvalue weighted by Crippen LogP contribution is -2.38. The number of primary amides is 1. The fraction of sp³-hybridized carbons (Fsp3) is 0.417. The Morgan fingerprint density at radius 2 is 2.06 bits per heavy atom. The molecule has 5 N–H and O–H groups in total. The van der Waals surface area contributed by atoms with Crippen LogP contribution in [0.15, 0.2) is 24.3 Å². The average Bonchev–Trinajstić information content (AvgIpc) is 2.27. The molecular weight excluding hydrogens is 234 g/mol. The monoisotopic (exact) mass is 253 g/mol. The first-order valence-electron chi connectivity index (χ1n) is 5.60. The van der Waals surface area contributed by atoms with Gasteiger partial charge in [0.15, 0.2) is 0 Å². The summed E-state index contributed by atoms with van der Waals surface area (Å²) < 4.78 is 5.38. The van der Waals surface area contributed by atoms with E-state index in [4.69, 9.17) is 16.2 Å². The number of aliphatic hydroxyl groups is 1. The summed E-state index contributed by atoms with van der Waals surface area (Å²) in [6.45, 7) is 0.573. The molecule has 6 nitrogen and oxygen atoms in total. The molecular formula is C12H19N3O3. The molecule has 0 aliphatic heterocycles. The van der Waals surface area contributed by atoms with Crippen molar-refractivity contribution in [2.75, 3.05) is 32.5 Å². The number of anilines is 1. The van der Waals surface area contributed by atoms with Gasteiger partial charge >= 0.3 is 0 Å². The van der Waals surface area contributed by atoms with Crippen LogP contribution in [-0.4, -0.2) is 48.8 Å². The first kappa shape index (κ1) is 14.3. The van der Waals surface area contributed by atoms with E-state index in [1.807, 2.05) is 0 Å². The van der Waals surface area contributed by atoms with Crippen LogP contribution in [0.1, 0.15) is 0 Å². The number of nitrogens with two attached hydrogens (primary N) is 2. The lowest BCUT2D eigenvalue weighted by molar-refractivity contribution is -0.119. The van der Waals surface area contributed by atoms with Crippen LogP contribution in [0.2, 0.25) is 0 Å². The molecule has 1 amide bonds. The van der Waals surface area contributed by atoms with Crippen LogP contribution in [0, 0.1) is 0 Å². The lowest BCUT2D eigenvalue weighted by atomic mass is 10.3. The van der Waals surface area contributed by atoms with E-state index in [0.29, 0.717) is 18.0 Å². The summed E-state index contributed by atoms with van der Waals surface area (Å²) >= 11 is 0. The molecule has 0 fully saturated rings. The van der Waals surface area contributed by atoms with Crippen LogP contribution in [0.5, 0.6) is 5.75 Å². The summed E-state index contributed by atoms with van der Waals surface area (Å²) in [5, 5.41) is 9.70. The molecule has 0 heterocycles. The molecule has 1 unspecified atom stereocenters. The predicted octanol–water partition coefficient (Wildman–Crippen LogP) is -0.574. The van der Waals surface area contributed by atoms with Gasteiger partial charge in [-0.05, 0) is 31.3 Å². The molecule has 0 bridgehead atoms. The third kappa shape index (κ3) is 5.51. The van der Waals surface area contributed by atoms with Crippen molar-refractivity contribution in [3.63, 3.8) is 0 Å². The van der Waals surface area contributed by atoms with E-state index in [0.717, 1.165) is 0 Å². The predicted molar refractivity (Wildman–Crippen MR) is 69.0 cm³/mol. The molecule has 0 aliphatic rings. The third-order valence-electron chi connectivity index (χ3n) is 2.27. The minimum atomic E-state index is -0.688. The fourth-order valence-corrected chi connectivity index (χ4v) is 1.50. The molecule has 18 heavy (non-hydrogen) atoms. The standard InChI is InChI=1S/C12H19N3O3/c1-15(7-12(14)17)6-10(16)8-18-11-4-2-9(13)3-5-11/h2-5,10,16H,6-8,13H2,1H3,(H2,14,17). The SMILES string of the molecule is CN(CC(N)=O)CC(O)COc1ccc(N)cc1. The Balaban J connectivity index is 2.30. The van der Waals surface area contributed by atoms with Gasteiger partial charge in [0, 0.05) is 12.2 Å². The number of hydrogen-bond acceptors (Lipinski definition) is 5. The third-order valence-corrected chi connectivity index (χ3v) is 2.27. The highest BCUT2D eigenvalue weighted by Gasteiger charge is 2.10. The Hall–Kier alpha value is -1.79. The quantitative estimate of drug-likeness (QED) is 0.565. The molecule has 0 aromatic heterocycles. The summed E-state index contributed by atoms with van der Waals surface area (Å²) in [5.41, 5.74) is 11.2. The summed E-state index contributed by atoms with van der Waals surface area (Å²) in [7, 11) is 1.71. The molecule has 0 saturated carbocycles. The van der Waals surface area contributed by atoms with E-state index >= 15 is 0 Å². The van der Waals surface area contributed by atoms with Crippen molar-refractivity contribution in [2.24, 2.45) is 5.73 Å². The Kier molecular flexibility index (Phi) is 5.41. The van der Waals surface area contributed by atoms with Crippen LogP contribution in [-0.2, 0) is 4.79 Å². The molecule has 0 saturated heterocycles. The van der Waals surface area contributed by atoms with E-state index in [-0.39, 0.29) is 13.2 Å². The zero-order valence-corrected chi connectivity index (χ0v) is 10.4. The maximum absolute atomic E-state index is 10.7. The van der Waals surface area contributed by atoms with Crippen molar-refractivity contribution in [1.82, 2.24) is 4.90 Å². The Labute approximate surface area is 106 Å².